The van der Waals surface area contributed by atoms with E-state index in [2.05, 4.69) is 20.8 Å². The number of nitrogens with one attached hydrogen (secondary N) is 3. The van der Waals surface area contributed by atoms with E-state index in [1.165, 1.54) is 0 Å². The number of hydrogen-bond acceptors (Lipinski definition) is 4. The van der Waals surface area contributed by atoms with Gasteiger partial charge in [0.1, 0.15) is 5.75 Å². The molecule has 0 spiro atoms. The Morgan fingerprint density at radius 2 is 2.37 bits per heavy atom. The fraction of sp³-hybridized carbons (Fsp3) is 0.231. The van der Waals surface area contributed by atoms with Crippen LogP contribution in [0.2, 0.25) is 0 Å². The molecule has 0 fully saturated rings. The van der Waals surface area contributed by atoms with E-state index in [9.17, 15) is 4.79 Å². The predicted molar refractivity (Wildman–Crippen MR) is 71.2 cm³/mol. The van der Waals surface area contributed by atoms with Crippen LogP contribution in [0.3, 0.4) is 0 Å². The standard InChI is InChI=1S/C13H14N4O2/c1-8-9(6-15-17-8)5-14-10-2-3-12-11(4-10)16-13(18)7-19-12/h2-4,6,14H,5,7H2,1H3,(H,15,17)(H,16,18). The molecule has 1 amide bonds. The number of H-pyrrole nitrogens is 1. The molecule has 1 aromatic heterocycles. The number of fused-ring (bicyclic) bond motifs is 1. The van der Waals surface area contributed by atoms with Crippen molar-refractivity contribution in [3.8, 4) is 5.75 Å². The lowest BCUT2D eigenvalue weighted by atomic mass is 10.2. The summed E-state index contributed by atoms with van der Waals surface area (Å²) in [5, 5.41) is 12.9. The van der Waals surface area contributed by atoms with Crippen LogP contribution >= 0.6 is 0 Å². The zero-order valence-electron chi connectivity index (χ0n) is 10.5. The predicted octanol–water partition coefficient (Wildman–Crippen LogP) is 1.66. The lowest BCUT2D eigenvalue weighted by Gasteiger charge is -2.18. The molecule has 19 heavy (non-hydrogen) atoms. The Morgan fingerprint density at radius 3 is 3.16 bits per heavy atom. The lowest BCUT2D eigenvalue weighted by Crippen LogP contribution is -2.25. The smallest absolute Gasteiger partial charge is 0.262 e. The molecule has 0 radical (unpaired) electrons. The summed E-state index contributed by atoms with van der Waals surface area (Å²) in [4.78, 5) is 11.3. The number of aromatic nitrogens is 2. The molecule has 1 aliphatic heterocycles. The molecule has 2 heterocycles. The minimum atomic E-state index is -0.129. The van der Waals surface area contributed by atoms with E-state index in [4.69, 9.17) is 4.74 Å². The van der Waals surface area contributed by atoms with Gasteiger partial charge in [-0.05, 0) is 25.1 Å². The molecule has 3 N–H and O–H groups in total. The number of ether oxygens (including phenoxy) is 1. The summed E-state index contributed by atoms with van der Waals surface area (Å²) in [6, 6.07) is 5.63. The summed E-state index contributed by atoms with van der Waals surface area (Å²) in [6.45, 7) is 2.73. The van der Waals surface area contributed by atoms with Crippen LogP contribution in [0.25, 0.3) is 0 Å². The molecule has 0 saturated carbocycles. The van der Waals surface area contributed by atoms with Gasteiger partial charge in [-0.2, -0.15) is 5.10 Å². The van der Waals surface area contributed by atoms with Crippen LogP contribution in [0.1, 0.15) is 11.3 Å². The van der Waals surface area contributed by atoms with Crippen LogP contribution in [0.5, 0.6) is 5.75 Å². The van der Waals surface area contributed by atoms with E-state index < -0.39 is 0 Å². The van der Waals surface area contributed by atoms with E-state index in [0.29, 0.717) is 18.0 Å². The van der Waals surface area contributed by atoms with Crippen molar-refractivity contribution in [1.82, 2.24) is 10.2 Å². The highest BCUT2D eigenvalue weighted by molar-refractivity contribution is 5.96. The van der Waals surface area contributed by atoms with Gasteiger partial charge in [-0.1, -0.05) is 0 Å². The number of rotatable bonds is 3. The van der Waals surface area contributed by atoms with Crippen LogP contribution in [-0.4, -0.2) is 22.7 Å². The van der Waals surface area contributed by atoms with Gasteiger partial charge in [0, 0.05) is 23.5 Å². The molecule has 1 aliphatic rings. The highest BCUT2D eigenvalue weighted by atomic mass is 16.5. The van der Waals surface area contributed by atoms with Crippen molar-refractivity contribution in [2.75, 3.05) is 17.2 Å². The summed E-state index contributed by atoms with van der Waals surface area (Å²) < 4.78 is 5.31. The molecule has 3 rings (SSSR count). The summed E-state index contributed by atoms with van der Waals surface area (Å²) in [6.07, 6.45) is 1.80. The van der Waals surface area contributed by atoms with Gasteiger partial charge in [0.2, 0.25) is 0 Å². The number of amides is 1. The molecule has 0 unspecified atom stereocenters. The normalized spacial score (nSPS) is 13.4. The van der Waals surface area contributed by atoms with Crippen molar-refractivity contribution < 1.29 is 9.53 Å². The maximum Gasteiger partial charge on any atom is 0.262 e. The number of hydrogen-bond donors (Lipinski definition) is 3. The highest BCUT2D eigenvalue weighted by Crippen LogP contribution is 2.30. The Hall–Kier alpha value is -2.50. The van der Waals surface area contributed by atoms with Gasteiger partial charge in [-0.15, -0.1) is 0 Å². The van der Waals surface area contributed by atoms with Gasteiger partial charge in [0.05, 0.1) is 11.9 Å². The molecular weight excluding hydrogens is 244 g/mol. The molecule has 2 aromatic rings. The van der Waals surface area contributed by atoms with Gasteiger partial charge in [0.25, 0.3) is 5.91 Å². The molecule has 0 saturated heterocycles. The minimum absolute atomic E-state index is 0.0774. The van der Waals surface area contributed by atoms with Crippen LogP contribution < -0.4 is 15.4 Å². The Morgan fingerprint density at radius 1 is 1.47 bits per heavy atom. The fourth-order valence-corrected chi connectivity index (χ4v) is 1.94. The van der Waals surface area contributed by atoms with Gasteiger partial charge < -0.3 is 15.4 Å². The lowest BCUT2D eigenvalue weighted by molar-refractivity contribution is -0.118. The minimum Gasteiger partial charge on any atom is -0.482 e. The van der Waals surface area contributed by atoms with Crippen molar-refractivity contribution >= 4 is 17.3 Å². The second-order valence-electron chi connectivity index (χ2n) is 4.42. The van der Waals surface area contributed by atoms with E-state index in [0.717, 1.165) is 16.9 Å². The van der Waals surface area contributed by atoms with Crippen molar-refractivity contribution in [1.29, 1.82) is 0 Å². The largest absolute Gasteiger partial charge is 0.482 e. The van der Waals surface area contributed by atoms with Crippen LogP contribution in [0, 0.1) is 6.92 Å². The number of anilines is 2. The third kappa shape index (κ3) is 2.37. The zero-order valence-corrected chi connectivity index (χ0v) is 10.5. The number of benzene rings is 1. The molecule has 6 nitrogen and oxygen atoms in total. The third-order valence-electron chi connectivity index (χ3n) is 3.03. The molecule has 1 aromatic carbocycles. The molecule has 6 heteroatoms. The molecular formula is C13H14N4O2. The van der Waals surface area contributed by atoms with Crippen molar-refractivity contribution in [3.63, 3.8) is 0 Å². The van der Waals surface area contributed by atoms with Crippen molar-refractivity contribution in [2.45, 2.75) is 13.5 Å². The third-order valence-corrected chi connectivity index (χ3v) is 3.03. The second kappa shape index (κ2) is 4.64. The quantitative estimate of drug-likeness (QED) is 0.782. The molecule has 0 aliphatic carbocycles. The summed E-state index contributed by atoms with van der Waals surface area (Å²) in [7, 11) is 0. The SMILES string of the molecule is Cc1[nH]ncc1CNc1ccc2c(c1)NC(=O)CO2. The Balaban J connectivity index is 1.74. The average Bonchev–Trinajstić information content (AvgIpc) is 2.81. The first kappa shape index (κ1) is 11.6. The van der Waals surface area contributed by atoms with E-state index in [-0.39, 0.29) is 12.5 Å². The average molecular weight is 258 g/mol. The Kier molecular flexibility index (Phi) is 2.83. The van der Waals surface area contributed by atoms with E-state index in [1.807, 2.05) is 25.1 Å². The number of carbonyl (C=O) groups is 1. The first-order valence-corrected chi connectivity index (χ1v) is 6.02. The van der Waals surface area contributed by atoms with Gasteiger partial charge in [-0.25, -0.2) is 0 Å². The number of aryl methyl sites for hydroxylation is 1. The molecule has 0 bridgehead atoms. The van der Waals surface area contributed by atoms with Gasteiger partial charge >= 0.3 is 0 Å². The monoisotopic (exact) mass is 258 g/mol. The van der Waals surface area contributed by atoms with Gasteiger partial charge in [-0.3, -0.25) is 9.89 Å². The van der Waals surface area contributed by atoms with Gasteiger partial charge in [0.15, 0.2) is 6.61 Å². The van der Waals surface area contributed by atoms with E-state index >= 15 is 0 Å². The summed E-state index contributed by atoms with van der Waals surface area (Å²) in [5.74, 6) is 0.569. The summed E-state index contributed by atoms with van der Waals surface area (Å²) in [5.41, 5.74) is 3.77. The maximum absolute atomic E-state index is 11.3. The molecule has 0 atom stereocenters. The maximum atomic E-state index is 11.3. The highest BCUT2D eigenvalue weighted by Gasteiger charge is 2.15. The number of aromatic amines is 1. The van der Waals surface area contributed by atoms with Crippen LogP contribution in [0.15, 0.2) is 24.4 Å². The number of carbonyl (C=O) groups excluding carboxylic acids is 1. The van der Waals surface area contributed by atoms with E-state index in [1.54, 1.807) is 6.20 Å². The fourth-order valence-electron chi connectivity index (χ4n) is 1.94. The Bertz CT molecular complexity index is 621. The molecule has 98 valence electrons. The van der Waals surface area contributed by atoms with Crippen molar-refractivity contribution in [3.05, 3.63) is 35.7 Å². The van der Waals surface area contributed by atoms with Crippen LogP contribution in [-0.2, 0) is 11.3 Å². The second-order valence-corrected chi connectivity index (χ2v) is 4.42. The number of nitrogens with zero attached hydrogens (tertiary/aromatic N) is 1. The Labute approximate surface area is 110 Å². The topological polar surface area (TPSA) is 79.0 Å². The zero-order chi connectivity index (χ0) is 13.2. The first-order valence-electron chi connectivity index (χ1n) is 6.02. The van der Waals surface area contributed by atoms with Crippen molar-refractivity contribution in [2.24, 2.45) is 0 Å². The first-order chi connectivity index (χ1) is 9.22. The summed E-state index contributed by atoms with van der Waals surface area (Å²) >= 11 is 0. The van der Waals surface area contributed by atoms with Crippen LogP contribution in [0.4, 0.5) is 11.4 Å².